The van der Waals surface area contributed by atoms with Crippen LogP contribution >= 0.6 is 23.2 Å². The number of Topliss-reactive ketones (excluding diaryl/α,β-unsaturated/α-hetero) is 1. The van der Waals surface area contributed by atoms with Gasteiger partial charge in [-0.15, -0.1) is 0 Å². The van der Waals surface area contributed by atoms with Crippen LogP contribution in [-0.4, -0.2) is 16.9 Å². The summed E-state index contributed by atoms with van der Waals surface area (Å²) < 4.78 is 0. The van der Waals surface area contributed by atoms with Crippen LogP contribution in [0.3, 0.4) is 0 Å². The molecule has 1 aromatic carbocycles. The Labute approximate surface area is 146 Å². The van der Waals surface area contributed by atoms with E-state index < -0.39 is 11.4 Å². The number of hydrogen-bond acceptors (Lipinski definition) is 2. The van der Waals surface area contributed by atoms with E-state index in [4.69, 9.17) is 28.3 Å². The molecule has 1 atom stereocenters. The van der Waals surface area contributed by atoms with Crippen LogP contribution in [0.4, 0.5) is 0 Å². The molecular formula is C18H20Cl2O3. The van der Waals surface area contributed by atoms with Crippen molar-refractivity contribution in [2.24, 2.45) is 11.3 Å². The Kier molecular flexibility index (Phi) is 4.45. The van der Waals surface area contributed by atoms with E-state index in [2.05, 4.69) is 0 Å². The molecule has 0 aliphatic heterocycles. The van der Waals surface area contributed by atoms with Crippen LogP contribution in [0.5, 0.6) is 0 Å². The van der Waals surface area contributed by atoms with Crippen LogP contribution in [0.2, 0.25) is 10.0 Å². The third kappa shape index (κ3) is 3.01. The minimum Gasteiger partial charge on any atom is -0.481 e. The largest absolute Gasteiger partial charge is 0.481 e. The number of halogens is 2. The molecule has 0 bridgehead atoms. The van der Waals surface area contributed by atoms with Crippen LogP contribution in [0, 0.1) is 11.3 Å². The fourth-order valence-corrected chi connectivity index (χ4v) is 4.78. The molecule has 0 spiro atoms. The van der Waals surface area contributed by atoms with E-state index in [1.807, 2.05) is 6.92 Å². The summed E-state index contributed by atoms with van der Waals surface area (Å²) in [6.45, 7) is 2.01. The molecule has 2 aliphatic carbocycles. The van der Waals surface area contributed by atoms with E-state index in [0.717, 1.165) is 12.0 Å². The summed E-state index contributed by atoms with van der Waals surface area (Å²) in [4.78, 5) is 23.9. The molecule has 3 rings (SSSR count). The predicted octanol–water partition coefficient (Wildman–Crippen LogP) is 4.95. The molecule has 23 heavy (non-hydrogen) atoms. The smallest absolute Gasteiger partial charge is 0.307 e. The SMILES string of the molecule is CC1(CC2CCCC2)Cc2cc(CC(=O)O)c(Cl)c(Cl)c2C1=O. The Hall–Kier alpha value is -1.06. The van der Waals surface area contributed by atoms with Crippen molar-refractivity contribution in [2.75, 3.05) is 0 Å². The van der Waals surface area contributed by atoms with Gasteiger partial charge in [0.1, 0.15) is 0 Å². The van der Waals surface area contributed by atoms with Crippen molar-refractivity contribution < 1.29 is 14.7 Å². The monoisotopic (exact) mass is 354 g/mol. The molecule has 0 radical (unpaired) electrons. The first-order valence-corrected chi connectivity index (χ1v) is 8.84. The van der Waals surface area contributed by atoms with Gasteiger partial charge in [0.25, 0.3) is 0 Å². The quantitative estimate of drug-likeness (QED) is 0.832. The number of carboxylic acids is 1. The summed E-state index contributed by atoms with van der Waals surface area (Å²) in [5.41, 5.74) is 1.40. The highest BCUT2D eigenvalue weighted by Gasteiger charge is 2.45. The highest BCUT2D eigenvalue weighted by molar-refractivity contribution is 6.45. The second-order valence-corrected chi connectivity index (χ2v) is 7.95. The lowest BCUT2D eigenvalue weighted by Crippen LogP contribution is -2.26. The number of aliphatic carboxylic acids is 1. The molecule has 0 aromatic heterocycles. The molecule has 0 saturated heterocycles. The van der Waals surface area contributed by atoms with Gasteiger partial charge in [-0.2, -0.15) is 0 Å². The van der Waals surface area contributed by atoms with E-state index in [1.165, 1.54) is 25.7 Å². The molecule has 2 aliphatic rings. The summed E-state index contributed by atoms with van der Waals surface area (Å²) in [5, 5.41) is 9.43. The molecule has 1 saturated carbocycles. The van der Waals surface area contributed by atoms with E-state index in [-0.39, 0.29) is 22.2 Å². The third-order valence-corrected chi connectivity index (χ3v) is 6.18. The molecule has 1 unspecified atom stereocenters. The second-order valence-electron chi connectivity index (χ2n) is 7.19. The molecule has 1 aromatic rings. The maximum Gasteiger partial charge on any atom is 0.307 e. The van der Waals surface area contributed by atoms with Gasteiger partial charge < -0.3 is 5.11 Å². The van der Waals surface area contributed by atoms with Gasteiger partial charge >= 0.3 is 5.97 Å². The van der Waals surface area contributed by atoms with Gasteiger partial charge in [0.05, 0.1) is 16.5 Å². The average Bonchev–Trinajstić information content (AvgIpc) is 3.03. The lowest BCUT2D eigenvalue weighted by molar-refractivity contribution is -0.136. The minimum absolute atomic E-state index is 0.0631. The van der Waals surface area contributed by atoms with Crippen molar-refractivity contribution in [2.45, 2.75) is 51.9 Å². The first kappa shape index (κ1) is 16.8. The van der Waals surface area contributed by atoms with E-state index >= 15 is 0 Å². The molecule has 1 fully saturated rings. The highest BCUT2D eigenvalue weighted by atomic mass is 35.5. The number of ketones is 1. The Morgan fingerprint density at radius 2 is 1.96 bits per heavy atom. The summed E-state index contributed by atoms with van der Waals surface area (Å²) >= 11 is 12.5. The van der Waals surface area contributed by atoms with Crippen molar-refractivity contribution in [3.8, 4) is 0 Å². The van der Waals surface area contributed by atoms with Crippen LogP contribution in [0.15, 0.2) is 6.07 Å². The fraction of sp³-hybridized carbons (Fsp3) is 0.556. The van der Waals surface area contributed by atoms with Gasteiger partial charge in [-0.3, -0.25) is 9.59 Å². The van der Waals surface area contributed by atoms with Gasteiger partial charge in [0.15, 0.2) is 5.78 Å². The summed E-state index contributed by atoms with van der Waals surface area (Å²) in [5.74, 6) is -0.292. The van der Waals surface area contributed by atoms with Gasteiger partial charge in [0, 0.05) is 11.0 Å². The van der Waals surface area contributed by atoms with Crippen LogP contribution in [0.1, 0.15) is 60.5 Å². The summed E-state index contributed by atoms with van der Waals surface area (Å²) in [6, 6.07) is 1.76. The minimum atomic E-state index is -0.957. The van der Waals surface area contributed by atoms with E-state index in [9.17, 15) is 9.59 Å². The zero-order valence-corrected chi connectivity index (χ0v) is 14.6. The standard InChI is InChI=1S/C18H20Cl2O3/c1-18(8-10-4-2-3-5-10)9-12-6-11(7-13(21)22)15(19)16(20)14(12)17(18)23/h6,10H,2-5,7-9H2,1H3,(H,21,22). The van der Waals surface area contributed by atoms with Gasteiger partial charge in [-0.1, -0.05) is 61.9 Å². The topological polar surface area (TPSA) is 54.4 Å². The van der Waals surface area contributed by atoms with Gasteiger partial charge in [0.2, 0.25) is 0 Å². The Bertz CT molecular complexity index is 677. The molecule has 124 valence electrons. The normalized spacial score (nSPS) is 24.2. The zero-order chi connectivity index (χ0) is 16.8. The van der Waals surface area contributed by atoms with Crippen molar-refractivity contribution in [3.05, 3.63) is 32.8 Å². The third-order valence-electron chi connectivity index (χ3n) is 5.28. The first-order valence-electron chi connectivity index (χ1n) is 8.08. The van der Waals surface area contributed by atoms with E-state index in [0.29, 0.717) is 23.5 Å². The number of carboxylic acid groups (broad SMARTS) is 1. The van der Waals surface area contributed by atoms with Crippen molar-refractivity contribution in [1.82, 2.24) is 0 Å². The average molecular weight is 355 g/mol. The van der Waals surface area contributed by atoms with Crippen molar-refractivity contribution in [3.63, 3.8) is 0 Å². The van der Waals surface area contributed by atoms with Crippen LogP contribution in [0.25, 0.3) is 0 Å². The maximum atomic E-state index is 13.0. The number of carbonyl (C=O) groups is 2. The van der Waals surface area contributed by atoms with Crippen LogP contribution in [-0.2, 0) is 17.6 Å². The van der Waals surface area contributed by atoms with Crippen molar-refractivity contribution >= 4 is 35.0 Å². The highest BCUT2D eigenvalue weighted by Crippen LogP contribution is 2.48. The molecular weight excluding hydrogens is 335 g/mol. The van der Waals surface area contributed by atoms with Gasteiger partial charge in [-0.25, -0.2) is 0 Å². The fourth-order valence-electron chi connectivity index (χ4n) is 4.23. The Morgan fingerprint density at radius 1 is 1.30 bits per heavy atom. The molecule has 3 nitrogen and oxygen atoms in total. The second kappa shape index (κ2) is 6.10. The predicted molar refractivity (Wildman–Crippen MR) is 90.5 cm³/mol. The number of hydrogen-bond donors (Lipinski definition) is 1. The zero-order valence-electron chi connectivity index (χ0n) is 13.1. The number of rotatable bonds is 4. The number of carbonyl (C=O) groups excluding carboxylic acids is 1. The maximum absolute atomic E-state index is 13.0. The lowest BCUT2D eigenvalue weighted by Gasteiger charge is -2.25. The molecule has 0 heterocycles. The summed E-state index contributed by atoms with van der Waals surface area (Å²) in [6.07, 6.45) is 6.20. The van der Waals surface area contributed by atoms with Crippen molar-refractivity contribution in [1.29, 1.82) is 0 Å². The summed E-state index contributed by atoms with van der Waals surface area (Å²) in [7, 11) is 0. The molecule has 5 heteroatoms. The Morgan fingerprint density at radius 3 is 2.57 bits per heavy atom. The number of benzene rings is 1. The van der Waals surface area contributed by atoms with Crippen LogP contribution < -0.4 is 0 Å². The molecule has 1 N–H and O–H groups in total. The first-order chi connectivity index (χ1) is 10.8. The van der Waals surface area contributed by atoms with Gasteiger partial charge in [-0.05, 0) is 29.9 Å². The van der Waals surface area contributed by atoms with E-state index in [1.54, 1.807) is 6.07 Å². The number of fused-ring (bicyclic) bond motifs is 1. The lowest BCUT2D eigenvalue weighted by atomic mass is 9.77. The molecule has 0 amide bonds. The Balaban J connectivity index is 1.95.